The molecule has 0 aliphatic rings. The fourth-order valence-electron chi connectivity index (χ4n) is 3.31. The van der Waals surface area contributed by atoms with Crippen molar-refractivity contribution in [2.75, 3.05) is 24.3 Å². The molecule has 154 valence electrons. The number of aryl methyl sites for hydroxylation is 1. The van der Waals surface area contributed by atoms with E-state index in [9.17, 15) is 9.18 Å². The Morgan fingerprint density at radius 3 is 2.55 bits per heavy atom. The first-order valence-corrected chi connectivity index (χ1v) is 9.63. The predicted molar refractivity (Wildman–Crippen MR) is 114 cm³/mol. The van der Waals surface area contributed by atoms with Gasteiger partial charge in [0.2, 0.25) is 0 Å². The molecular formula is C22H26FN3O3. The van der Waals surface area contributed by atoms with E-state index in [-0.39, 0.29) is 12.7 Å². The number of nitrogens with one attached hydrogen (secondary N) is 1. The predicted octanol–water partition coefficient (Wildman–Crippen LogP) is 5.22. The van der Waals surface area contributed by atoms with E-state index >= 15 is 0 Å². The van der Waals surface area contributed by atoms with Gasteiger partial charge in [-0.25, -0.2) is 9.18 Å². The number of rotatable bonds is 7. The van der Waals surface area contributed by atoms with E-state index in [0.717, 1.165) is 22.2 Å². The van der Waals surface area contributed by atoms with Crippen molar-refractivity contribution in [3.63, 3.8) is 0 Å². The molecule has 0 saturated heterocycles. The normalized spacial score (nSPS) is 11.1. The van der Waals surface area contributed by atoms with E-state index < -0.39 is 12.8 Å². The summed E-state index contributed by atoms with van der Waals surface area (Å²) in [6, 6.07) is 13.0. The summed E-state index contributed by atoms with van der Waals surface area (Å²) in [6.45, 7) is 5.82. The molecule has 2 aromatic carbocycles. The molecule has 0 bridgehead atoms. The fourth-order valence-corrected chi connectivity index (χ4v) is 3.31. The zero-order valence-corrected chi connectivity index (χ0v) is 16.9. The minimum absolute atomic E-state index is 0.0222. The van der Waals surface area contributed by atoms with E-state index in [2.05, 4.69) is 9.88 Å². The number of carbonyl (C=O) groups excluding carboxylic acids is 1. The molecule has 0 spiro atoms. The molecule has 0 aliphatic carbocycles. The number of nitrogens with zero attached hydrogens (tertiary/aromatic N) is 1. The Kier molecular flexibility index (Phi) is 6.26. The molecule has 3 rings (SSSR count). The molecule has 0 atom stereocenters. The molecule has 0 radical (unpaired) electrons. The third kappa shape index (κ3) is 4.45. The molecule has 1 amide bonds. The van der Waals surface area contributed by atoms with Crippen LogP contribution in [-0.4, -0.2) is 30.0 Å². The summed E-state index contributed by atoms with van der Waals surface area (Å²) in [5.41, 5.74) is 10.5. The van der Waals surface area contributed by atoms with E-state index in [4.69, 9.17) is 15.2 Å². The average molecular weight is 399 g/mol. The van der Waals surface area contributed by atoms with Crippen molar-refractivity contribution in [2.24, 2.45) is 0 Å². The highest BCUT2D eigenvalue weighted by Crippen LogP contribution is 2.38. The van der Waals surface area contributed by atoms with Gasteiger partial charge in [-0.05, 0) is 45.0 Å². The molecule has 0 aliphatic heterocycles. The number of nitrogen functional groups attached to an aromatic ring is 1. The van der Waals surface area contributed by atoms with Crippen LogP contribution >= 0.6 is 0 Å². The Morgan fingerprint density at radius 2 is 1.93 bits per heavy atom. The monoisotopic (exact) mass is 399 g/mol. The minimum atomic E-state index is -0.536. The van der Waals surface area contributed by atoms with E-state index in [0.29, 0.717) is 23.7 Å². The summed E-state index contributed by atoms with van der Waals surface area (Å²) in [6.07, 6.45) is -0.677. The lowest BCUT2D eigenvalue weighted by Crippen LogP contribution is -2.17. The van der Waals surface area contributed by atoms with Gasteiger partial charge in [0.15, 0.2) is 0 Å². The lowest BCUT2D eigenvalue weighted by atomic mass is 10.1. The summed E-state index contributed by atoms with van der Waals surface area (Å²) in [4.78, 5) is 11.8. The third-order valence-corrected chi connectivity index (χ3v) is 4.48. The van der Waals surface area contributed by atoms with Crippen molar-refractivity contribution in [1.29, 1.82) is 0 Å². The second-order valence-corrected chi connectivity index (χ2v) is 6.88. The third-order valence-electron chi connectivity index (χ3n) is 4.48. The van der Waals surface area contributed by atoms with Gasteiger partial charge >= 0.3 is 6.09 Å². The van der Waals surface area contributed by atoms with Crippen LogP contribution in [0.3, 0.4) is 0 Å². The quantitative estimate of drug-likeness (QED) is 0.571. The maximum atomic E-state index is 12.4. The number of fused-ring (bicyclic) bond motifs is 1. The number of hydrogen-bond donors (Lipinski definition) is 2. The Bertz CT molecular complexity index is 997. The minimum Gasteiger partial charge on any atom is -0.491 e. The molecule has 0 saturated carbocycles. The van der Waals surface area contributed by atoms with Crippen molar-refractivity contribution in [3.8, 4) is 17.0 Å². The van der Waals surface area contributed by atoms with Gasteiger partial charge in [-0.3, -0.25) is 5.32 Å². The number of halogens is 1. The van der Waals surface area contributed by atoms with Crippen LogP contribution in [-0.2, 0) is 11.3 Å². The number of benzene rings is 2. The number of amides is 1. The highest BCUT2D eigenvalue weighted by molar-refractivity contribution is 6.01. The molecule has 6 nitrogen and oxygen atoms in total. The van der Waals surface area contributed by atoms with Crippen LogP contribution in [0.15, 0.2) is 42.5 Å². The van der Waals surface area contributed by atoms with Gasteiger partial charge in [-0.2, -0.15) is 0 Å². The Labute approximate surface area is 169 Å². The van der Waals surface area contributed by atoms with Crippen molar-refractivity contribution < 1.29 is 18.7 Å². The first-order valence-electron chi connectivity index (χ1n) is 9.63. The van der Waals surface area contributed by atoms with Gasteiger partial charge in [0, 0.05) is 29.2 Å². The van der Waals surface area contributed by atoms with Gasteiger partial charge < -0.3 is 19.8 Å². The molecule has 29 heavy (non-hydrogen) atoms. The zero-order chi connectivity index (χ0) is 21.0. The maximum absolute atomic E-state index is 12.4. The Hall–Kier alpha value is -3.22. The Morgan fingerprint density at radius 1 is 1.21 bits per heavy atom. The highest BCUT2D eigenvalue weighted by atomic mass is 19.1. The van der Waals surface area contributed by atoms with Crippen molar-refractivity contribution in [2.45, 2.75) is 33.4 Å². The second-order valence-electron chi connectivity index (χ2n) is 6.88. The van der Waals surface area contributed by atoms with Crippen LogP contribution in [0.25, 0.3) is 22.2 Å². The fraction of sp³-hybridized carbons (Fsp3) is 0.318. The van der Waals surface area contributed by atoms with Gasteiger partial charge in [0.25, 0.3) is 0 Å². The molecule has 1 aromatic heterocycles. The highest BCUT2D eigenvalue weighted by Gasteiger charge is 2.17. The van der Waals surface area contributed by atoms with E-state index in [1.165, 1.54) is 0 Å². The summed E-state index contributed by atoms with van der Waals surface area (Å²) in [5.74, 6) is 0.608. The average Bonchev–Trinajstić information content (AvgIpc) is 2.97. The number of ether oxygens (including phenoxy) is 2. The molecule has 7 heteroatoms. The molecule has 0 fully saturated rings. The van der Waals surface area contributed by atoms with Crippen LogP contribution < -0.4 is 15.8 Å². The smallest absolute Gasteiger partial charge is 0.411 e. The molecular weight excluding hydrogens is 373 g/mol. The van der Waals surface area contributed by atoms with Gasteiger partial charge in [0.1, 0.15) is 19.0 Å². The van der Waals surface area contributed by atoms with Gasteiger partial charge in [0.05, 0.1) is 23.0 Å². The standard InChI is InChI=1S/C22H26FN3O3/c1-4-26-19-13-17(28-12-11-23)9-10-18(19)20(24)21(26)15-5-7-16(8-6-15)25-22(27)29-14(2)3/h5-10,13-14H,4,11-12,24H2,1-3H3,(H,25,27). The van der Waals surface area contributed by atoms with Crippen LogP contribution in [0.2, 0.25) is 0 Å². The van der Waals surface area contributed by atoms with Crippen LogP contribution in [0, 0.1) is 0 Å². The number of anilines is 2. The van der Waals surface area contributed by atoms with E-state index in [1.807, 2.05) is 43.3 Å². The van der Waals surface area contributed by atoms with Gasteiger partial charge in [-0.1, -0.05) is 12.1 Å². The second kappa shape index (κ2) is 8.86. The SMILES string of the molecule is CCn1c(-c2ccc(NC(=O)OC(C)C)cc2)c(N)c2ccc(OCCF)cc21. The summed E-state index contributed by atoms with van der Waals surface area (Å²) >= 11 is 0. The lowest BCUT2D eigenvalue weighted by molar-refractivity contribution is 0.130. The van der Waals surface area contributed by atoms with Crippen LogP contribution in [0.1, 0.15) is 20.8 Å². The van der Waals surface area contributed by atoms with Crippen molar-refractivity contribution in [1.82, 2.24) is 4.57 Å². The largest absolute Gasteiger partial charge is 0.491 e. The lowest BCUT2D eigenvalue weighted by Gasteiger charge is -2.12. The number of aromatic nitrogens is 1. The summed E-state index contributed by atoms with van der Waals surface area (Å²) in [5, 5.41) is 3.62. The number of nitrogens with two attached hydrogens (primary N) is 1. The maximum Gasteiger partial charge on any atom is 0.411 e. The number of carbonyl (C=O) groups is 1. The van der Waals surface area contributed by atoms with Crippen molar-refractivity contribution >= 4 is 28.4 Å². The molecule has 3 aromatic rings. The number of hydrogen-bond acceptors (Lipinski definition) is 4. The molecule has 0 unspecified atom stereocenters. The summed E-state index contributed by atoms with van der Waals surface area (Å²) in [7, 11) is 0. The zero-order valence-electron chi connectivity index (χ0n) is 16.9. The van der Waals surface area contributed by atoms with Crippen LogP contribution in [0.4, 0.5) is 20.6 Å². The first kappa shape index (κ1) is 20.5. The topological polar surface area (TPSA) is 78.5 Å². The number of alkyl halides is 1. The van der Waals surface area contributed by atoms with Crippen molar-refractivity contribution in [3.05, 3.63) is 42.5 Å². The molecule has 1 heterocycles. The first-order chi connectivity index (χ1) is 13.9. The van der Waals surface area contributed by atoms with E-state index in [1.54, 1.807) is 19.9 Å². The Balaban J connectivity index is 1.94. The van der Waals surface area contributed by atoms with Gasteiger partial charge in [-0.15, -0.1) is 0 Å². The van der Waals surface area contributed by atoms with Crippen LogP contribution in [0.5, 0.6) is 5.75 Å². The summed E-state index contributed by atoms with van der Waals surface area (Å²) < 4.78 is 25.0. The molecule has 3 N–H and O–H groups in total.